The third kappa shape index (κ3) is 3.47. The predicted octanol–water partition coefficient (Wildman–Crippen LogP) is 0.0636. The number of nitrogens with zero attached hydrogens (tertiary/aromatic N) is 4. The van der Waals surface area contributed by atoms with Crippen molar-refractivity contribution in [2.75, 3.05) is 45.3 Å². The number of methoxy groups -OCH3 is 2. The van der Waals surface area contributed by atoms with Gasteiger partial charge in [0.25, 0.3) is 11.5 Å². The molecule has 1 aromatic heterocycles. The summed E-state index contributed by atoms with van der Waals surface area (Å²) in [6.45, 7) is 2.02. The molecule has 0 radical (unpaired) electrons. The monoisotopic (exact) mass is 388 g/mol. The van der Waals surface area contributed by atoms with Gasteiger partial charge in [-0.3, -0.25) is 18.7 Å². The van der Waals surface area contributed by atoms with Gasteiger partial charge in [-0.1, -0.05) is 0 Å². The van der Waals surface area contributed by atoms with Crippen LogP contribution in [0.1, 0.15) is 10.4 Å². The van der Waals surface area contributed by atoms with E-state index in [0.29, 0.717) is 49.1 Å². The normalized spacial score (nSPS) is 14.1. The number of rotatable bonds is 4. The summed E-state index contributed by atoms with van der Waals surface area (Å²) in [5.74, 6) is 1.53. The van der Waals surface area contributed by atoms with E-state index in [1.165, 1.54) is 24.8 Å². The van der Waals surface area contributed by atoms with Crippen LogP contribution in [0.4, 0.5) is 5.82 Å². The molecule has 1 amide bonds. The summed E-state index contributed by atoms with van der Waals surface area (Å²) < 4.78 is 13.0. The van der Waals surface area contributed by atoms with Crippen LogP contribution >= 0.6 is 0 Å². The first kappa shape index (κ1) is 19.5. The van der Waals surface area contributed by atoms with Crippen molar-refractivity contribution in [1.29, 1.82) is 0 Å². The largest absolute Gasteiger partial charge is 0.493 e. The van der Waals surface area contributed by atoms with Gasteiger partial charge >= 0.3 is 5.69 Å². The lowest BCUT2D eigenvalue weighted by Crippen LogP contribution is -2.51. The van der Waals surface area contributed by atoms with E-state index in [9.17, 15) is 14.4 Å². The van der Waals surface area contributed by atoms with Crippen molar-refractivity contribution in [3.63, 3.8) is 0 Å². The SMILES string of the molecule is COc1ccc(C(=O)N2CCN(c3cc(=O)n(C)c(=O)n3C)CC2)cc1OC. The Morgan fingerprint density at radius 1 is 0.893 bits per heavy atom. The van der Waals surface area contributed by atoms with Gasteiger partial charge < -0.3 is 19.3 Å². The quantitative estimate of drug-likeness (QED) is 0.737. The average Bonchev–Trinajstić information content (AvgIpc) is 2.73. The molecule has 9 nitrogen and oxygen atoms in total. The number of piperazine rings is 1. The van der Waals surface area contributed by atoms with E-state index in [0.717, 1.165) is 4.57 Å². The third-order valence-electron chi connectivity index (χ3n) is 5.02. The molecule has 3 rings (SSSR count). The summed E-state index contributed by atoms with van der Waals surface area (Å²) in [6.07, 6.45) is 0. The van der Waals surface area contributed by atoms with E-state index in [-0.39, 0.29) is 17.2 Å². The van der Waals surface area contributed by atoms with Gasteiger partial charge in [0, 0.05) is 51.9 Å². The first-order chi connectivity index (χ1) is 13.4. The lowest BCUT2D eigenvalue weighted by molar-refractivity contribution is 0.0746. The molecule has 0 bridgehead atoms. The number of anilines is 1. The van der Waals surface area contributed by atoms with Gasteiger partial charge in [0.2, 0.25) is 0 Å². The molecular weight excluding hydrogens is 364 g/mol. The molecule has 0 N–H and O–H groups in total. The maximum absolute atomic E-state index is 12.8. The van der Waals surface area contributed by atoms with Crippen LogP contribution in [0.15, 0.2) is 33.9 Å². The topological polar surface area (TPSA) is 86.0 Å². The van der Waals surface area contributed by atoms with Crippen LogP contribution in [0, 0.1) is 0 Å². The molecule has 150 valence electrons. The highest BCUT2D eigenvalue weighted by Crippen LogP contribution is 2.28. The molecule has 0 aliphatic carbocycles. The van der Waals surface area contributed by atoms with Gasteiger partial charge in [-0.2, -0.15) is 0 Å². The van der Waals surface area contributed by atoms with E-state index < -0.39 is 0 Å². The minimum atomic E-state index is -0.369. The summed E-state index contributed by atoms with van der Waals surface area (Å²) in [5, 5.41) is 0. The smallest absolute Gasteiger partial charge is 0.332 e. The van der Waals surface area contributed by atoms with E-state index >= 15 is 0 Å². The molecule has 9 heteroatoms. The second kappa shape index (κ2) is 7.79. The first-order valence-electron chi connectivity index (χ1n) is 8.90. The van der Waals surface area contributed by atoms with Crippen LogP contribution in [0.3, 0.4) is 0 Å². The van der Waals surface area contributed by atoms with Crippen molar-refractivity contribution >= 4 is 11.7 Å². The number of hydrogen-bond acceptors (Lipinski definition) is 6. The molecule has 1 aliphatic heterocycles. The van der Waals surface area contributed by atoms with Gasteiger partial charge in [-0.15, -0.1) is 0 Å². The van der Waals surface area contributed by atoms with E-state index in [1.54, 1.807) is 37.3 Å². The zero-order valence-corrected chi connectivity index (χ0v) is 16.5. The van der Waals surface area contributed by atoms with Gasteiger partial charge in [0.05, 0.1) is 14.2 Å². The Labute approximate surface area is 162 Å². The summed E-state index contributed by atoms with van der Waals surface area (Å²) in [5.41, 5.74) is -0.194. The fraction of sp³-hybridized carbons (Fsp3) is 0.421. The maximum Gasteiger partial charge on any atom is 0.332 e. The fourth-order valence-corrected chi connectivity index (χ4v) is 3.32. The zero-order valence-electron chi connectivity index (χ0n) is 16.5. The molecule has 1 saturated heterocycles. The van der Waals surface area contributed by atoms with Gasteiger partial charge in [-0.25, -0.2) is 4.79 Å². The lowest BCUT2D eigenvalue weighted by Gasteiger charge is -2.36. The second-order valence-electron chi connectivity index (χ2n) is 6.59. The number of carbonyl (C=O) groups excluding carboxylic acids is 1. The lowest BCUT2D eigenvalue weighted by atomic mass is 10.1. The predicted molar refractivity (Wildman–Crippen MR) is 105 cm³/mol. The molecule has 1 fully saturated rings. The van der Waals surface area contributed by atoms with Crippen LogP contribution in [-0.2, 0) is 14.1 Å². The highest BCUT2D eigenvalue weighted by atomic mass is 16.5. The van der Waals surface area contributed by atoms with Gasteiger partial charge in [0.15, 0.2) is 11.5 Å². The average molecular weight is 388 g/mol. The number of aromatic nitrogens is 2. The standard InChI is InChI=1S/C19H24N4O5/c1-20-16(12-17(24)21(2)19(20)26)22-7-9-23(10-8-22)18(25)13-5-6-14(27-3)15(11-13)28-4/h5-6,11-12H,7-10H2,1-4H3. The van der Waals surface area contributed by atoms with E-state index in [1.807, 2.05) is 4.90 Å². The summed E-state index contributed by atoms with van der Waals surface area (Å²) in [4.78, 5) is 40.6. The highest BCUT2D eigenvalue weighted by Gasteiger charge is 2.24. The molecule has 0 unspecified atom stereocenters. The van der Waals surface area contributed by atoms with Crippen LogP contribution in [0.25, 0.3) is 0 Å². The van der Waals surface area contributed by atoms with Crippen molar-refractivity contribution < 1.29 is 14.3 Å². The minimum absolute atomic E-state index is 0.0986. The van der Waals surface area contributed by atoms with E-state index in [4.69, 9.17) is 9.47 Å². The Morgan fingerprint density at radius 2 is 1.54 bits per heavy atom. The molecule has 2 heterocycles. The number of benzene rings is 1. The molecule has 1 aliphatic rings. The van der Waals surface area contributed by atoms with Crippen molar-refractivity contribution in [3.8, 4) is 11.5 Å². The molecular formula is C19H24N4O5. The van der Waals surface area contributed by atoms with Crippen molar-refractivity contribution in [2.45, 2.75) is 0 Å². The Bertz CT molecular complexity index is 1000. The number of amides is 1. The molecule has 1 aromatic carbocycles. The van der Waals surface area contributed by atoms with Crippen LogP contribution < -0.4 is 25.6 Å². The second-order valence-corrected chi connectivity index (χ2v) is 6.59. The molecule has 0 saturated carbocycles. The van der Waals surface area contributed by atoms with Crippen LogP contribution in [-0.4, -0.2) is 60.3 Å². The molecule has 0 spiro atoms. The van der Waals surface area contributed by atoms with Crippen LogP contribution in [0.2, 0.25) is 0 Å². The highest BCUT2D eigenvalue weighted by molar-refractivity contribution is 5.95. The zero-order chi connectivity index (χ0) is 20.4. The summed E-state index contributed by atoms with van der Waals surface area (Å²) >= 11 is 0. The molecule has 2 aromatic rings. The van der Waals surface area contributed by atoms with Crippen molar-refractivity contribution in [1.82, 2.24) is 14.0 Å². The third-order valence-corrected chi connectivity index (χ3v) is 5.02. The van der Waals surface area contributed by atoms with Crippen molar-refractivity contribution in [2.24, 2.45) is 14.1 Å². The summed E-state index contributed by atoms with van der Waals surface area (Å²) in [6, 6.07) is 6.53. The maximum atomic E-state index is 12.8. The van der Waals surface area contributed by atoms with Crippen molar-refractivity contribution in [3.05, 3.63) is 50.7 Å². The Hall–Kier alpha value is -3.23. The summed E-state index contributed by atoms with van der Waals surface area (Å²) in [7, 11) is 6.16. The van der Waals surface area contributed by atoms with Crippen LogP contribution in [0.5, 0.6) is 11.5 Å². The first-order valence-corrected chi connectivity index (χ1v) is 8.90. The number of ether oxygens (including phenoxy) is 2. The number of hydrogen-bond donors (Lipinski definition) is 0. The van der Waals surface area contributed by atoms with E-state index in [2.05, 4.69) is 0 Å². The van der Waals surface area contributed by atoms with Gasteiger partial charge in [-0.05, 0) is 18.2 Å². The number of carbonyl (C=O) groups is 1. The minimum Gasteiger partial charge on any atom is -0.493 e. The fourth-order valence-electron chi connectivity index (χ4n) is 3.32. The Balaban J connectivity index is 1.75. The molecule has 0 atom stereocenters. The van der Waals surface area contributed by atoms with Gasteiger partial charge in [0.1, 0.15) is 5.82 Å². The molecule has 28 heavy (non-hydrogen) atoms. The Morgan fingerprint density at radius 3 is 2.14 bits per heavy atom. The Kier molecular flexibility index (Phi) is 5.43.